The number of nitriles is 1. The zero-order chi connectivity index (χ0) is 19.9. The average Bonchev–Trinajstić information content (AvgIpc) is 2.71. The second-order valence-electron chi connectivity index (χ2n) is 6.42. The first-order valence-electron chi connectivity index (χ1n) is 8.88. The van der Waals surface area contributed by atoms with E-state index in [9.17, 15) is 10.1 Å². The normalized spacial score (nSPS) is 11.0. The van der Waals surface area contributed by atoms with Crippen molar-refractivity contribution in [1.82, 2.24) is 0 Å². The molecule has 3 rings (SSSR count). The zero-order valence-electron chi connectivity index (χ0n) is 15.8. The first kappa shape index (κ1) is 19.5. The molecule has 0 fully saturated rings. The maximum atomic E-state index is 12.4. The molecule has 0 aliphatic heterocycles. The van der Waals surface area contributed by atoms with Gasteiger partial charge in [0, 0.05) is 15.5 Å². The lowest BCUT2D eigenvalue weighted by Gasteiger charge is -2.07. The van der Waals surface area contributed by atoms with Gasteiger partial charge in [0.15, 0.2) is 0 Å². The highest BCUT2D eigenvalue weighted by Gasteiger charge is 2.10. The number of carbonyl (C=O) groups excluding carboxylic acids is 1. The van der Waals surface area contributed by atoms with E-state index in [1.807, 2.05) is 61.5 Å². The van der Waals surface area contributed by atoms with E-state index in [1.165, 1.54) is 10.5 Å². The van der Waals surface area contributed by atoms with Crippen molar-refractivity contribution < 1.29 is 4.79 Å². The van der Waals surface area contributed by atoms with Crippen molar-refractivity contribution in [1.29, 1.82) is 5.26 Å². The summed E-state index contributed by atoms with van der Waals surface area (Å²) in [4.78, 5) is 14.7. The number of hydrogen-bond acceptors (Lipinski definition) is 3. The Balaban J connectivity index is 1.72. The average molecular weight is 385 g/mol. The van der Waals surface area contributed by atoms with Crippen molar-refractivity contribution in [3.63, 3.8) is 0 Å². The fraction of sp³-hybridized carbons (Fsp3) is 0.0833. The van der Waals surface area contributed by atoms with Crippen LogP contribution in [0, 0.1) is 25.2 Å². The molecular formula is C24H20N2OS. The monoisotopic (exact) mass is 384 g/mol. The summed E-state index contributed by atoms with van der Waals surface area (Å²) in [7, 11) is 0. The molecule has 3 aromatic carbocycles. The van der Waals surface area contributed by atoms with Gasteiger partial charge in [0.05, 0.1) is 0 Å². The molecule has 0 aromatic heterocycles. The van der Waals surface area contributed by atoms with Crippen LogP contribution in [0.1, 0.15) is 16.7 Å². The fourth-order valence-electron chi connectivity index (χ4n) is 2.59. The maximum absolute atomic E-state index is 12.4. The molecule has 0 unspecified atom stereocenters. The highest BCUT2D eigenvalue weighted by Crippen LogP contribution is 2.28. The van der Waals surface area contributed by atoms with Crippen molar-refractivity contribution >= 4 is 29.4 Å². The molecule has 0 atom stereocenters. The predicted octanol–water partition coefficient (Wildman–Crippen LogP) is 6.00. The van der Waals surface area contributed by atoms with Crippen LogP contribution in [0.3, 0.4) is 0 Å². The third-order valence-electron chi connectivity index (χ3n) is 4.21. The molecule has 4 heteroatoms. The second-order valence-corrected chi connectivity index (χ2v) is 7.57. The summed E-state index contributed by atoms with van der Waals surface area (Å²) in [5, 5.41) is 12.2. The van der Waals surface area contributed by atoms with E-state index in [4.69, 9.17) is 0 Å². The van der Waals surface area contributed by atoms with Gasteiger partial charge in [-0.05, 0) is 61.4 Å². The third kappa shape index (κ3) is 5.12. The molecule has 0 aliphatic rings. The summed E-state index contributed by atoms with van der Waals surface area (Å²) >= 11 is 1.67. The summed E-state index contributed by atoms with van der Waals surface area (Å²) in [5.74, 6) is -0.407. The third-order valence-corrected chi connectivity index (χ3v) is 5.22. The van der Waals surface area contributed by atoms with E-state index in [-0.39, 0.29) is 5.57 Å². The Kier molecular flexibility index (Phi) is 6.31. The number of benzene rings is 3. The van der Waals surface area contributed by atoms with E-state index in [0.717, 1.165) is 16.0 Å². The van der Waals surface area contributed by atoms with Gasteiger partial charge in [0.2, 0.25) is 0 Å². The summed E-state index contributed by atoms with van der Waals surface area (Å²) in [6.07, 6.45) is 1.61. The van der Waals surface area contributed by atoms with Gasteiger partial charge in [-0.2, -0.15) is 5.26 Å². The summed E-state index contributed by atoms with van der Waals surface area (Å²) in [6, 6.07) is 25.7. The molecule has 0 aliphatic carbocycles. The van der Waals surface area contributed by atoms with Crippen molar-refractivity contribution in [2.24, 2.45) is 0 Å². The van der Waals surface area contributed by atoms with Crippen LogP contribution < -0.4 is 5.32 Å². The van der Waals surface area contributed by atoms with Crippen LogP contribution in [-0.2, 0) is 4.79 Å². The first-order chi connectivity index (χ1) is 13.5. The number of nitrogens with zero attached hydrogens (tertiary/aromatic N) is 1. The van der Waals surface area contributed by atoms with Gasteiger partial charge in [-0.25, -0.2) is 0 Å². The van der Waals surface area contributed by atoms with Gasteiger partial charge in [-0.1, -0.05) is 59.8 Å². The van der Waals surface area contributed by atoms with Crippen molar-refractivity contribution in [3.05, 3.63) is 95.1 Å². The largest absolute Gasteiger partial charge is 0.321 e. The number of hydrogen-bond donors (Lipinski definition) is 1. The molecule has 3 aromatic rings. The van der Waals surface area contributed by atoms with E-state index < -0.39 is 5.91 Å². The summed E-state index contributed by atoms with van der Waals surface area (Å²) < 4.78 is 0. The zero-order valence-corrected chi connectivity index (χ0v) is 16.6. The second kappa shape index (κ2) is 9.07. The van der Waals surface area contributed by atoms with Gasteiger partial charge in [0.25, 0.3) is 5.91 Å². The summed E-state index contributed by atoms with van der Waals surface area (Å²) in [6.45, 7) is 3.98. The SMILES string of the molecule is Cc1ccc(Sc2ccc(/C=C(/C#N)C(=O)Nc3ccccc3C)cc2)cc1. The molecule has 1 N–H and O–H groups in total. The van der Waals surface area contributed by atoms with E-state index in [2.05, 4.69) is 36.5 Å². The van der Waals surface area contributed by atoms with E-state index in [1.54, 1.807) is 17.8 Å². The minimum Gasteiger partial charge on any atom is -0.321 e. The highest BCUT2D eigenvalue weighted by molar-refractivity contribution is 7.99. The Hall–Kier alpha value is -3.29. The fourth-order valence-corrected chi connectivity index (χ4v) is 3.41. The number of aryl methyl sites for hydroxylation is 2. The lowest BCUT2D eigenvalue weighted by Crippen LogP contribution is -2.14. The van der Waals surface area contributed by atoms with Crippen molar-refractivity contribution in [2.75, 3.05) is 5.32 Å². The van der Waals surface area contributed by atoms with Crippen molar-refractivity contribution in [2.45, 2.75) is 23.6 Å². The highest BCUT2D eigenvalue weighted by atomic mass is 32.2. The Morgan fingerprint density at radius 3 is 2.14 bits per heavy atom. The van der Waals surface area contributed by atoms with Gasteiger partial charge in [0.1, 0.15) is 11.6 Å². The van der Waals surface area contributed by atoms with Gasteiger partial charge in [-0.3, -0.25) is 4.79 Å². The number of para-hydroxylation sites is 1. The van der Waals surface area contributed by atoms with Crippen LogP contribution >= 0.6 is 11.8 Å². The quantitative estimate of drug-likeness (QED) is 0.433. The standard InChI is InChI=1S/C24H20N2OS/c1-17-7-11-21(12-8-17)28-22-13-9-19(10-14-22)15-20(16-25)24(27)26-23-6-4-3-5-18(23)2/h3-15H,1-2H3,(H,26,27)/b20-15-. The Labute approximate surface area is 169 Å². The molecule has 0 radical (unpaired) electrons. The van der Waals surface area contributed by atoms with Crippen LogP contribution in [0.25, 0.3) is 6.08 Å². The van der Waals surface area contributed by atoms with Crippen LogP contribution in [0.2, 0.25) is 0 Å². The van der Waals surface area contributed by atoms with Gasteiger partial charge >= 0.3 is 0 Å². The van der Waals surface area contributed by atoms with Crippen molar-refractivity contribution in [3.8, 4) is 6.07 Å². The number of amides is 1. The number of carbonyl (C=O) groups is 1. The minimum atomic E-state index is -0.407. The van der Waals surface area contributed by atoms with E-state index >= 15 is 0 Å². The molecule has 138 valence electrons. The summed E-state index contributed by atoms with van der Waals surface area (Å²) in [5.41, 5.74) is 3.77. The Bertz CT molecular complexity index is 1050. The number of anilines is 1. The molecule has 0 heterocycles. The Morgan fingerprint density at radius 2 is 1.54 bits per heavy atom. The topological polar surface area (TPSA) is 52.9 Å². The van der Waals surface area contributed by atoms with Crippen LogP contribution in [0.5, 0.6) is 0 Å². The number of nitrogens with one attached hydrogen (secondary N) is 1. The van der Waals surface area contributed by atoms with E-state index in [0.29, 0.717) is 5.69 Å². The molecule has 0 saturated carbocycles. The number of rotatable bonds is 5. The molecule has 3 nitrogen and oxygen atoms in total. The lowest BCUT2D eigenvalue weighted by molar-refractivity contribution is -0.112. The maximum Gasteiger partial charge on any atom is 0.266 e. The van der Waals surface area contributed by atoms with Crippen LogP contribution in [0.15, 0.2) is 88.2 Å². The van der Waals surface area contributed by atoms with Gasteiger partial charge < -0.3 is 5.32 Å². The first-order valence-corrected chi connectivity index (χ1v) is 9.70. The van der Waals surface area contributed by atoms with Gasteiger partial charge in [-0.15, -0.1) is 0 Å². The minimum absolute atomic E-state index is 0.0715. The Morgan fingerprint density at radius 1 is 0.929 bits per heavy atom. The molecular weight excluding hydrogens is 364 g/mol. The molecule has 1 amide bonds. The van der Waals surface area contributed by atoms with Crippen LogP contribution in [0.4, 0.5) is 5.69 Å². The molecule has 0 spiro atoms. The molecule has 0 bridgehead atoms. The molecule has 0 saturated heterocycles. The predicted molar refractivity (Wildman–Crippen MR) is 115 cm³/mol. The smallest absolute Gasteiger partial charge is 0.266 e. The lowest BCUT2D eigenvalue weighted by atomic mass is 10.1. The van der Waals surface area contributed by atoms with Crippen LogP contribution in [-0.4, -0.2) is 5.91 Å². The molecule has 28 heavy (non-hydrogen) atoms.